The maximum absolute atomic E-state index is 10.6. The van der Waals surface area contributed by atoms with Gasteiger partial charge in [0.1, 0.15) is 0 Å². The summed E-state index contributed by atoms with van der Waals surface area (Å²) in [7, 11) is 0. The maximum atomic E-state index is 10.6. The lowest BCUT2D eigenvalue weighted by Crippen LogP contribution is -2.26. The molecule has 2 N–H and O–H groups in total. The van der Waals surface area contributed by atoms with Crippen LogP contribution in [0.1, 0.15) is 207 Å². The van der Waals surface area contributed by atoms with Crippen LogP contribution >= 0.6 is 0 Å². The van der Waals surface area contributed by atoms with Gasteiger partial charge in [-0.05, 0) is 96.4 Å². The zero-order chi connectivity index (χ0) is 34.3. The van der Waals surface area contributed by atoms with Crippen LogP contribution in [-0.4, -0.2) is 30.1 Å². The van der Waals surface area contributed by atoms with Gasteiger partial charge in [0.05, 0.1) is 6.10 Å². The molecule has 0 amide bonds. The van der Waals surface area contributed by atoms with Gasteiger partial charge in [0, 0.05) is 6.04 Å². The highest BCUT2D eigenvalue weighted by Crippen LogP contribution is 2.19. The average Bonchev–Trinajstić information content (AvgIpc) is 3.06. The second kappa shape index (κ2) is 39.3. The highest BCUT2D eigenvalue weighted by Gasteiger charge is 2.14. The first kappa shape index (κ1) is 45.8. The van der Waals surface area contributed by atoms with Gasteiger partial charge in [-0.15, -0.1) is 0 Å². The summed E-state index contributed by atoms with van der Waals surface area (Å²) in [6.07, 6.45) is 53.0. The van der Waals surface area contributed by atoms with E-state index >= 15 is 0 Å². The number of allylic oxidation sites excluding steroid dienone is 8. The van der Waals surface area contributed by atoms with E-state index in [1.165, 1.54) is 141 Å². The van der Waals surface area contributed by atoms with Crippen LogP contribution in [0.2, 0.25) is 0 Å². The molecule has 0 aliphatic carbocycles. The van der Waals surface area contributed by atoms with Gasteiger partial charge in [0.25, 0.3) is 0 Å². The third-order valence-electron chi connectivity index (χ3n) is 8.98. The van der Waals surface area contributed by atoms with Gasteiger partial charge >= 0.3 is 0 Å². The minimum Gasteiger partial charge on any atom is -0.368 e. The molecule has 47 heavy (non-hydrogen) atoms. The molecule has 0 aromatic heterocycles. The third kappa shape index (κ3) is 39.2. The number of hydrogen-bond acceptors (Lipinski definition) is 3. The molecule has 0 fully saturated rings. The third-order valence-corrected chi connectivity index (χ3v) is 8.98. The van der Waals surface area contributed by atoms with Crippen molar-refractivity contribution in [2.75, 3.05) is 6.54 Å². The van der Waals surface area contributed by atoms with E-state index in [9.17, 15) is 5.11 Å². The Morgan fingerprint density at radius 2 is 0.851 bits per heavy atom. The average molecular weight is 658 g/mol. The van der Waals surface area contributed by atoms with Crippen molar-refractivity contribution in [3.8, 4) is 0 Å². The quantitative estimate of drug-likeness (QED) is 0.0397. The number of rotatable bonds is 37. The van der Waals surface area contributed by atoms with Crippen LogP contribution in [0.4, 0.5) is 0 Å². The van der Waals surface area contributed by atoms with Crippen molar-refractivity contribution in [3.05, 3.63) is 48.6 Å². The summed E-state index contributed by atoms with van der Waals surface area (Å²) in [6.45, 7) is 9.81. The van der Waals surface area contributed by atoms with Crippen LogP contribution in [0.25, 0.3) is 0 Å². The molecule has 3 nitrogen and oxygen atoms in total. The Bertz CT molecular complexity index is 662. The SMILES string of the molecule is CCCCC/C=C\C/C=C\CCCCCCCCC(CCCCCCCC/C=C\C/C=C\CCCCC)OC(O)CCCNC(C)C. The van der Waals surface area contributed by atoms with E-state index in [0.717, 1.165) is 45.1 Å². The molecule has 0 saturated heterocycles. The van der Waals surface area contributed by atoms with Crippen LogP contribution in [-0.2, 0) is 4.74 Å². The smallest absolute Gasteiger partial charge is 0.154 e. The van der Waals surface area contributed by atoms with Crippen molar-refractivity contribution in [1.82, 2.24) is 5.32 Å². The molecule has 3 heteroatoms. The van der Waals surface area contributed by atoms with Crippen LogP contribution in [0.5, 0.6) is 0 Å². The maximum Gasteiger partial charge on any atom is 0.154 e. The number of ether oxygens (including phenoxy) is 1. The number of unbranched alkanes of at least 4 members (excludes halogenated alkanes) is 18. The fourth-order valence-electron chi connectivity index (χ4n) is 5.96. The summed E-state index contributed by atoms with van der Waals surface area (Å²) in [5, 5.41) is 14.0. The Morgan fingerprint density at radius 1 is 0.468 bits per heavy atom. The summed E-state index contributed by atoms with van der Waals surface area (Å²) >= 11 is 0. The summed E-state index contributed by atoms with van der Waals surface area (Å²) < 4.78 is 6.21. The summed E-state index contributed by atoms with van der Waals surface area (Å²) in [5.41, 5.74) is 0. The molecule has 0 radical (unpaired) electrons. The van der Waals surface area contributed by atoms with E-state index in [-0.39, 0.29) is 6.10 Å². The number of aliphatic hydroxyl groups is 1. The van der Waals surface area contributed by atoms with Gasteiger partial charge < -0.3 is 15.2 Å². The zero-order valence-electron chi connectivity index (χ0n) is 32.2. The molecular formula is C44H83NO2. The normalized spacial score (nSPS) is 13.3. The van der Waals surface area contributed by atoms with Crippen LogP contribution in [0.3, 0.4) is 0 Å². The minimum atomic E-state index is -0.622. The standard InChI is InChI=1S/C44H83NO2/c1-5-7-9-11-13-15-17-19-21-23-25-27-29-31-33-35-38-43(47-44(46)40-37-41-45-42(3)4)39-36-34-32-30-28-26-24-22-20-18-16-14-12-10-8-6-2/h13-16,19-22,42-46H,5-12,17-18,23-41H2,1-4H3/b15-13-,16-14-,21-19-,22-20-. The van der Waals surface area contributed by atoms with Crippen molar-refractivity contribution in [2.24, 2.45) is 0 Å². The van der Waals surface area contributed by atoms with Crippen LogP contribution < -0.4 is 5.32 Å². The van der Waals surface area contributed by atoms with Gasteiger partial charge in [-0.25, -0.2) is 0 Å². The minimum absolute atomic E-state index is 0.208. The topological polar surface area (TPSA) is 41.5 Å². The van der Waals surface area contributed by atoms with Gasteiger partial charge in [-0.1, -0.05) is 166 Å². The van der Waals surface area contributed by atoms with Gasteiger partial charge in [-0.2, -0.15) is 0 Å². The lowest BCUT2D eigenvalue weighted by atomic mass is 10.0. The van der Waals surface area contributed by atoms with E-state index in [2.05, 4.69) is 81.6 Å². The molecular weight excluding hydrogens is 574 g/mol. The molecule has 0 aromatic rings. The fraction of sp³-hybridized carbons (Fsp3) is 0.818. The highest BCUT2D eigenvalue weighted by atomic mass is 16.6. The predicted octanol–water partition coefficient (Wildman–Crippen LogP) is 13.9. The monoisotopic (exact) mass is 658 g/mol. The fourth-order valence-corrected chi connectivity index (χ4v) is 5.96. The lowest BCUT2D eigenvalue weighted by molar-refractivity contribution is -0.143. The van der Waals surface area contributed by atoms with E-state index in [1.807, 2.05) is 0 Å². The Hall–Kier alpha value is -1.16. The van der Waals surface area contributed by atoms with Crippen molar-refractivity contribution in [3.63, 3.8) is 0 Å². The molecule has 0 aliphatic rings. The number of aliphatic hydroxyl groups excluding tert-OH is 1. The molecule has 0 heterocycles. The molecule has 1 atom stereocenters. The molecule has 0 aliphatic heterocycles. The molecule has 0 aromatic carbocycles. The first-order chi connectivity index (χ1) is 23.1. The first-order valence-corrected chi connectivity index (χ1v) is 20.8. The van der Waals surface area contributed by atoms with Crippen molar-refractivity contribution in [2.45, 2.75) is 226 Å². The summed E-state index contributed by atoms with van der Waals surface area (Å²) in [4.78, 5) is 0. The van der Waals surface area contributed by atoms with Crippen LogP contribution in [0.15, 0.2) is 48.6 Å². The zero-order valence-corrected chi connectivity index (χ0v) is 32.2. The van der Waals surface area contributed by atoms with E-state index in [4.69, 9.17) is 4.74 Å². The summed E-state index contributed by atoms with van der Waals surface area (Å²) in [6, 6.07) is 0.494. The Labute approximate surface area is 295 Å². The largest absolute Gasteiger partial charge is 0.368 e. The Morgan fingerprint density at radius 3 is 1.26 bits per heavy atom. The van der Waals surface area contributed by atoms with E-state index in [1.54, 1.807) is 0 Å². The second-order valence-corrected chi connectivity index (χ2v) is 14.2. The van der Waals surface area contributed by atoms with Gasteiger partial charge in [0.2, 0.25) is 0 Å². The van der Waals surface area contributed by atoms with Crippen LogP contribution in [0, 0.1) is 0 Å². The first-order valence-electron chi connectivity index (χ1n) is 20.8. The van der Waals surface area contributed by atoms with E-state index in [0.29, 0.717) is 6.04 Å². The second-order valence-electron chi connectivity index (χ2n) is 14.2. The number of hydrogen-bond donors (Lipinski definition) is 2. The molecule has 276 valence electrons. The molecule has 0 bridgehead atoms. The summed E-state index contributed by atoms with van der Waals surface area (Å²) in [5.74, 6) is 0. The van der Waals surface area contributed by atoms with Gasteiger partial charge in [0.15, 0.2) is 6.29 Å². The van der Waals surface area contributed by atoms with Crippen molar-refractivity contribution < 1.29 is 9.84 Å². The molecule has 0 spiro atoms. The van der Waals surface area contributed by atoms with E-state index < -0.39 is 6.29 Å². The predicted molar refractivity (Wildman–Crippen MR) is 211 cm³/mol. The Balaban J connectivity index is 4.05. The van der Waals surface area contributed by atoms with Gasteiger partial charge in [-0.3, -0.25) is 0 Å². The number of nitrogens with one attached hydrogen (secondary N) is 1. The highest BCUT2D eigenvalue weighted by molar-refractivity contribution is 4.93. The molecule has 0 saturated carbocycles. The Kier molecular flexibility index (Phi) is 38.3. The van der Waals surface area contributed by atoms with Crippen molar-refractivity contribution >= 4 is 0 Å². The molecule has 0 rings (SSSR count). The molecule has 1 unspecified atom stereocenters. The van der Waals surface area contributed by atoms with Crippen molar-refractivity contribution in [1.29, 1.82) is 0 Å². The lowest BCUT2D eigenvalue weighted by Gasteiger charge is -2.22.